The number of hydrogen-bond acceptors (Lipinski definition) is 6. The molecule has 0 atom stereocenters. The molecule has 3 aromatic carbocycles. The molecular weight excluding hydrogens is 445 g/mol. The van der Waals surface area contributed by atoms with E-state index in [1.807, 2.05) is 0 Å². The molecule has 0 unspecified atom stereocenters. The lowest BCUT2D eigenvalue weighted by molar-refractivity contribution is 0.102. The highest BCUT2D eigenvalue weighted by Gasteiger charge is 2.22. The second-order valence-corrected chi connectivity index (χ2v) is 8.03. The first-order valence-corrected chi connectivity index (χ1v) is 10.7. The summed E-state index contributed by atoms with van der Waals surface area (Å²) >= 11 is 1.22. The molecule has 6 nitrogen and oxygen atoms in total. The molecule has 4 aromatic rings. The lowest BCUT2D eigenvalue weighted by atomic mass is 10.0. The van der Waals surface area contributed by atoms with Crippen molar-refractivity contribution in [3.8, 4) is 28.4 Å². The van der Waals surface area contributed by atoms with E-state index in [9.17, 15) is 14.0 Å². The van der Waals surface area contributed by atoms with Gasteiger partial charge in [-0.15, -0.1) is 11.3 Å². The number of fused-ring (bicyclic) bond motifs is 1. The second kappa shape index (κ2) is 9.30. The van der Waals surface area contributed by atoms with Crippen LogP contribution in [0, 0.1) is 5.82 Å². The monoisotopic (exact) mass is 465 g/mol. The summed E-state index contributed by atoms with van der Waals surface area (Å²) in [6, 6.07) is 16.0. The van der Waals surface area contributed by atoms with Crippen molar-refractivity contribution < 1.29 is 23.4 Å². The Bertz CT molecular complexity index is 1390. The third-order valence-corrected chi connectivity index (χ3v) is 6.18. The number of amides is 1. The number of carbonyl (C=O) groups is 1. The maximum absolute atomic E-state index is 14.2. The van der Waals surface area contributed by atoms with E-state index < -0.39 is 11.7 Å². The van der Waals surface area contributed by atoms with Gasteiger partial charge in [-0.3, -0.25) is 9.59 Å². The molecule has 168 valence electrons. The van der Waals surface area contributed by atoms with Crippen LogP contribution in [0.3, 0.4) is 0 Å². The molecule has 0 saturated carbocycles. The number of hydrogen-bond donors (Lipinski definition) is 1. The molecule has 4 rings (SSSR count). The van der Waals surface area contributed by atoms with Gasteiger partial charge in [-0.1, -0.05) is 24.3 Å². The molecule has 1 heterocycles. The fraction of sp³-hybridized carbons (Fsp3) is 0.120. The first-order valence-electron chi connectivity index (χ1n) is 9.90. The molecule has 0 aliphatic heterocycles. The van der Waals surface area contributed by atoms with Gasteiger partial charge in [0.05, 0.1) is 32.5 Å². The lowest BCUT2D eigenvalue weighted by Crippen LogP contribution is -2.16. The Balaban J connectivity index is 1.96. The van der Waals surface area contributed by atoms with Crippen molar-refractivity contribution in [1.29, 1.82) is 0 Å². The Kier molecular flexibility index (Phi) is 6.28. The lowest BCUT2D eigenvalue weighted by Gasteiger charge is -2.16. The van der Waals surface area contributed by atoms with Crippen LogP contribution in [0.5, 0.6) is 17.2 Å². The summed E-state index contributed by atoms with van der Waals surface area (Å²) in [4.78, 5) is 26.5. The largest absolute Gasteiger partial charge is 0.493 e. The van der Waals surface area contributed by atoms with E-state index in [-0.39, 0.29) is 21.6 Å². The summed E-state index contributed by atoms with van der Waals surface area (Å²) in [5, 5.41) is 3.50. The standard InChI is InChI=1S/C25H20FNO5S/c1-30-18-12-14(13-19(31-2)23(18)32-3)21-22(28)16-9-5-7-11-20(16)33-25(21)27-24(29)15-8-4-6-10-17(15)26/h4-13H,1-3H3,(H,27,29). The molecular formula is C25H20FNO5S. The Morgan fingerprint density at radius 3 is 2.18 bits per heavy atom. The Hall–Kier alpha value is -3.91. The maximum atomic E-state index is 14.2. The third-order valence-electron chi connectivity index (χ3n) is 5.10. The number of ether oxygens (including phenoxy) is 3. The zero-order valence-corrected chi connectivity index (χ0v) is 18.9. The second-order valence-electron chi connectivity index (χ2n) is 6.98. The Morgan fingerprint density at radius 1 is 0.909 bits per heavy atom. The summed E-state index contributed by atoms with van der Waals surface area (Å²) in [6.45, 7) is 0. The number of benzene rings is 3. The zero-order valence-electron chi connectivity index (χ0n) is 18.1. The molecule has 1 aromatic heterocycles. The van der Waals surface area contributed by atoms with Crippen LogP contribution in [0.1, 0.15) is 10.4 Å². The number of anilines is 1. The average Bonchev–Trinajstić information content (AvgIpc) is 2.83. The van der Waals surface area contributed by atoms with Crippen molar-refractivity contribution in [3.05, 3.63) is 82.3 Å². The molecule has 33 heavy (non-hydrogen) atoms. The molecule has 0 bridgehead atoms. The third kappa shape index (κ3) is 4.12. The highest BCUT2D eigenvalue weighted by molar-refractivity contribution is 7.22. The van der Waals surface area contributed by atoms with Crippen LogP contribution in [0.15, 0.2) is 65.5 Å². The fourth-order valence-corrected chi connectivity index (χ4v) is 4.63. The molecule has 0 saturated heterocycles. The van der Waals surface area contributed by atoms with Crippen molar-refractivity contribution in [2.75, 3.05) is 26.6 Å². The predicted molar refractivity (Wildman–Crippen MR) is 128 cm³/mol. The van der Waals surface area contributed by atoms with Gasteiger partial charge in [0.25, 0.3) is 5.91 Å². The van der Waals surface area contributed by atoms with Crippen molar-refractivity contribution in [2.24, 2.45) is 0 Å². The van der Waals surface area contributed by atoms with E-state index in [0.29, 0.717) is 32.9 Å². The number of halogens is 1. The van der Waals surface area contributed by atoms with Crippen LogP contribution in [-0.2, 0) is 0 Å². The van der Waals surface area contributed by atoms with Gasteiger partial charge in [-0.2, -0.15) is 0 Å². The molecule has 0 spiro atoms. The van der Waals surface area contributed by atoms with E-state index in [1.165, 1.54) is 50.9 Å². The van der Waals surface area contributed by atoms with Gasteiger partial charge in [0, 0.05) is 10.1 Å². The minimum absolute atomic E-state index is 0.124. The van der Waals surface area contributed by atoms with E-state index >= 15 is 0 Å². The Labute approximate surface area is 193 Å². The van der Waals surface area contributed by atoms with E-state index in [4.69, 9.17) is 14.2 Å². The molecule has 0 aliphatic carbocycles. The van der Waals surface area contributed by atoms with Crippen molar-refractivity contribution in [2.45, 2.75) is 0 Å². The minimum Gasteiger partial charge on any atom is -0.493 e. The van der Waals surface area contributed by atoms with Crippen LogP contribution >= 0.6 is 11.3 Å². The van der Waals surface area contributed by atoms with E-state index in [0.717, 1.165) is 0 Å². The average molecular weight is 466 g/mol. The molecule has 0 fully saturated rings. The smallest absolute Gasteiger partial charge is 0.259 e. The number of nitrogens with one attached hydrogen (secondary N) is 1. The van der Waals surface area contributed by atoms with Crippen LogP contribution in [0.2, 0.25) is 0 Å². The van der Waals surface area contributed by atoms with Crippen LogP contribution in [0.25, 0.3) is 21.2 Å². The van der Waals surface area contributed by atoms with E-state index in [1.54, 1.807) is 42.5 Å². The molecule has 1 amide bonds. The van der Waals surface area contributed by atoms with Gasteiger partial charge < -0.3 is 19.5 Å². The van der Waals surface area contributed by atoms with Gasteiger partial charge in [-0.25, -0.2) is 4.39 Å². The van der Waals surface area contributed by atoms with Gasteiger partial charge in [0.15, 0.2) is 16.9 Å². The molecule has 0 radical (unpaired) electrons. The van der Waals surface area contributed by atoms with Gasteiger partial charge in [0.2, 0.25) is 5.75 Å². The number of rotatable bonds is 6. The highest BCUT2D eigenvalue weighted by Crippen LogP contribution is 2.43. The first kappa shape index (κ1) is 22.3. The van der Waals surface area contributed by atoms with Crippen LogP contribution < -0.4 is 25.0 Å². The zero-order chi connectivity index (χ0) is 23.5. The van der Waals surface area contributed by atoms with Crippen molar-refractivity contribution >= 4 is 32.3 Å². The summed E-state index contributed by atoms with van der Waals surface area (Å²) in [5.41, 5.74) is 0.284. The Morgan fingerprint density at radius 2 is 1.55 bits per heavy atom. The summed E-state index contributed by atoms with van der Waals surface area (Å²) < 4.78 is 31.1. The van der Waals surface area contributed by atoms with Gasteiger partial charge in [-0.05, 0) is 42.0 Å². The SMILES string of the molecule is COc1cc(-c2c(NC(=O)c3ccccc3F)sc3ccccc3c2=O)cc(OC)c1OC. The van der Waals surface area contributed by atoms with Gasteiger partial charge in [0.1, 0.15) is 10.8 Å². The minimum atomic E-state index is -0.660. The van der Waals surface area contributed by atoms with Crippen LogP contribution in [-0.4, -0.2) is 27.2 Å². The summed E-state index contributed by atoms with van der Waals surface area (Å²) in [7, 11) is 4.43. The first-order chi connectivity index (χ1) is 16.0. The van der Waals surface area contributed by atoms with Gasteiger partial charge >= 0.3 is 0 Å². The quantitative estimate of drug-likeness (QED) is 0.416. The van der Waals surface area contributed by atoms with E-state index in [2.05, 4.69) is 5.32 Å². The fourth-order valence-electron chi connectivity index (χ4n) is 3.53. The summed E-state index contributed by atoms with van der Waals surface area (Å²) in [6.07, 6.45) is 0. The molecule has 0 aliphatic rings. The molecule has 1 N–H and O–H groups in total. The topological polar surface area (TPSA) is 73.9 Å². The van der Waals surface area contributed by atoms with Crippen LogP contribution in [0.4, 0.5) is 9.39 Å². The normalized spacial score (nSPS) is 10.7. The van der Waals surface area contributed by atoms with Crippen molar-refractivity contribution in [1.82, 2.24) is 0 Å². The predicted octanol–water partition coefficient (Wildman–Crippen LogP) is 5.35. The summed E-state index contributed by atoms with van der Waals surface area (Å²) in [5.74, 6) is -0.227. The number of carbonyl (C=O) groups excluding carboxylic acids is 1. The highest BCUT2D eigenvalue weighted by atomic mass is 32.1. The van der Waals surface area contributed by atoms with Crippen molar-refractivity contribution in [3.63, 3.8) is 0 Å². The maximum Gasteiger partial charge on any atom is 0.259 e. The number of methoxy groups -OCH3 is 3. The molecule has 8 heteroatoms.